The van der Waals surface area contributed by atoms with Crippen LogP contribution in [0.3, 0.4) is 0 Å². The molecular formula is C23H14Cl5N5O2. The minimum atomic E-state index is -1.36. The molecule has 0 saturated heterocycles. The normalized spacial score (nSPS) is 17.8. The number of anilines is 3. The second kappa shape index (κ2) is 9.73. The number of nitrogens with one attached hydrogen (secondary N) is 2. The minimum Gasteiger partial charge on any atom is -0.383 e. The fraction of sp³-hybridized carbons (Fsp3) is 0.130. The number of hydrogen-bond donors (Lipinski definition) is 3. The summed E-state index contributed by atoms with van der Waals surface area (Å²) in [6.07, 6.45) is 0. The van der Waals surface area contributed by atoms with Crippen LogP contribution in [0.15, 0.2) is 48.5 Å². The zero-order valence-electron chi connectivity index (χ0n) is 17.5. The van der Waals surface area contributed by atoms with E-state index < -0.39 is 28.0 Å². The molecule has 2 aromatic carbocycles. The van der Waals surface area contributed by atoms with Gasteiger partial charge in [0.1, 0.15) is 22.0 Å². The van der Waals surface area contributed by atoms with Gasteiger partial charge in [-0.05, 0) is 54.1 Å². The fourth-order valence-electron chi connectivity index (χ4n) is 3.64. The quantitative estimate of drug-likeness (QED) is 0.313. The molecule has 2 atom stereocenters. The van der Waals surface area contributed by atoms with Crippen molar-refractivity contribution in [2.24, 2.45) is 5.92 Å². The molecular weight excluding hydrogens is 556 g/mol. The van der Waals surface area contributed by atoms with Gasteiger partial charge >= 0.3 is 0 Å². The zero-order valence-corrected chi connectivity index (χ0v) is 21.2. The van der Waals surface area contributed by atoms with E-state index in [1.165, 1.54) is 30.3 Å². The Labute approximate surface area is 225 Å². The van der Waals surface area contributed by atoms with Crippen LogP contribution in [0.25, 0.3) is 0 Å². The van der Waals surface area contributed by atoms with Gasteiger partial charge in [-0.3, -0.25) is 9.59 Å². The van der Waals surface area contributed by atoms with Crippen LogP contribution in [0.2, 0.25) is 15.1 Å². The third-order valence-electron chi connectivity index (χ3n) is 5.35. The topological polar surface area (TPSA) is 121 Å². The highest BCUT2D eigenvalue weighted by molar-refractivity contribution is 6.53. The van der Waals surface area contributed by atoms with E-state index in [4.69, 9.17) is 69.0 Å². The molecule has 1 fully saturated rings. The summed E-state index contributed by atoms with van der Waals surface area (Å²) in [6.45, 7) is 0. The summed E-state index contributed by atoms with van der Waals surface area (Å²) < 4.78 is -1.36. The van der Waals surface area contributed by atoms with E-state index in [9.17, 15) is 9.59 Å². The molecule has 7 nitrogen and oxygen atoms in total. The van der Waals surface area contributed by atoms with Crippen LogP contribution >= 0.6 is 58.0 Å². The van der Waals surface area contributed by atoms with E-state index in [2.05, 4.69) is 15.6 Å². The second-order valence-corrected chi connectivity index (χ2v) is 10.4. The van der Waals surface area contributed by atoms with Gasteiger partial charge in [0.2, 0.25) is 5.91 Å². The third kappa shape index (κ3) is 5.27. The molecule has 0 bridgehead atoms. The number of nitriles is 1. The highest BCUT2D eigenvalue weighted by atomic mass is 35.5. The molecule has 3 aromatic rings. The van der Waals surface area contributed by atoms with Crippen LogP contribution in [0.5, 0.6) is 0 Å². The number of hydrogen-bond acceptors (Lipinski definition) is 5. The Kier molecular flexibility index (Phi) is 7.05. The summed E-state index contributed by atoms with van der Waals surface area (Å²) in [5, 5.41) is 15.2. The molecule has 4 N–H and O–H groups in total. The molecule has 4 rings (SSSR count). The largest absolute Gasteiger partial charge is 0.383 e. The zero-order chi connectivity index (χ0) is 25.5. The van der Waals surface area contributed by atoms with E-state index in [1.54, 1.807) is 18.2 Å². The summed E-state index contributed by atoms with van der Waals surface area (Å²) in [5.41, 5.74) is 6.88. The summed E-state index contributed by atoms with van der Waals surface area (Å²) in [5.74, 6) is -2.24. The van der Waals surface area contributed by atoms with Gasteiger partial charge in [0, 0.05) is 21.7 Å². The SMILES string of the molecule is N#Cc1ccc(NC(=O)c2cc(NC(=O)C3C(c4cc(Cl)cc(Cl)c4)C3(Cl)Cl)ccc2Cl)nc1N. The van der Waals surface area contributed by atoms with E-state index in [1.807, 2.05) is 6.07 Å². The number of nitrogens with zero attached hydrogens (tertiary/aromatic N) is 2. The van der Waals surface area contributed by atoms with Crippen LogP contribution in [0, 0.1) is 17.2 Å². The summed E-state index contributed by atoms with van der Waals surface area (Å²) in [6, 6.07) is 14.0. The van der Waals surface area contributed by atoms with Crippen LogP contribution in [-0.4, -0.2) is 21.1 Å². The molecule has 35 heavy (non-hydrogen) atoms. The molecule has 0 spiro atoms. The molecule has 1 aliphatic rings. The molecule has 1 aliphatic carbocycles. The van der Waals surface area contributed by atoms with E-state index >= 15 is 0 Å². The lowest BCUT2D eigenvalue weighted by Gasteiger charge is -2.10. The Balaban J connectivity index is 1.51. The molecule has 178 valence electrons. The molecule has 0 aliphatic heterocycles. The maximum atomic E-state index is 13.0. The monoisotopic (exact) mass is 567 g/mol. The number of rotatable bonds is 5. The number of amides is 2. The number of carbonyl (C=O) groups is 2. The predicted octanol–water partition coefficient (Wildman–Crippen LogP) is 6.27. The smallest absolute Gasteiger partial charge is 0.258 e. The fourth-order valence-corrected chi connectivity index (χ4v) is 5.22. The van der Waals surface area contributed by atoms with Crippen LogP contribution in [0.4, 0.5) is 17.3 Å². The van der Waals surface area contributed by atoms with Gasteiger partial charge in [-0.25, -0.2) is 4.98 Å². The van der Waals surface area contributed by atoms with Crippen molar-refractivity contribution in [3.8, 4) is 6.07 Å². The van der Waals surface area contributed by atoms with Gasteiger partial charge in [0.05, 0.1) is 22.1 Å². The van der Waals surface area contributed by atoms with Crippen molar-refractivity contribution >= 4 is 87.1 Å². The average molecular weight is 570 g/mol. The van der Waals surface area contributed by atoms with Crippen molar-refractivity contribution in [1.82, 2.24) is 4.98 Å². The average Bonchev–Trinajstić information content (AvgIpc) is 3.36. The number of benzene rings is 2. The van der Waals surface area contributed by atoms with Crippen LogP contribution in [0.1, 0.15) is 27.4 Å². The Morgan fingerprint density at radius 3 is 2.31 bits per heavy atom. The van der Waals surface area contributed by atoms with Gasteiger partial charge in [-0.15, -0.1) is 23.2 Å². The molecule has 0 radical (unpaired) electrons. The Hall–Kier alpha value is -2.73. The van der Waals surface area contributed by atoms with E-state index in [0.29, 0.717) is 21.3 Å². The van der Waals surface area contributed by atoms with Gasteiger partial charge in [0.25, 0.3) is 5.91 Å². The Bertz CT molecular complexity index is 1390. The molecule has 1 saturated carbocycles. The van der Waals surface area contributed by atoms with Crippen molar-refractivity contribution in [2.75, 3.05) is 16.4 Å². The van der Waals surface area contributed by atoms with E-state index in [-0.39, 0.29) is 27.8 Å². The highest BCUT2D eigenvalue weighted by Crippen LogP contribution is 2.65. The number of pyridine rings is 1. The van der Waals surface area contributed by atoms with Gasteiger partial charge in [-0.1, -0.05) is 34.8 Å². The number of halogens is 5. The van der Waals surface area contributed by atoms with Crippen molar-refractivity contribution < 1.29 is 9.59 Å². The lowest BCUT2D eigenvalue weighted by Crippen LogP contribution is -2.18. The highest BCUT2D eigenvalue weighted by Gasteiger charge is 2.67. The molecule has 2 amide bonds. The second-order valence-electron chi connectivity index (χ2n) is 7.71. The first-order chi connectivity index (χ1) is 16.5. The molecule has 1 heterocycles. The predicted molar refractivity (Wildman–Crippen MR) is 139 cm³/mol. The number of nitrogen functional groups attached to an aromatic ring is 1. The number of carbonyl (C=O) groups excluding carboxylic acids is 2. The van der Waals surface area contributed by atoms with Crippen molar-refractivity contribution in [1.29, 1.82) is 5.26 Å². The van der Waals surface area contributed by atoms with Crippen molar-refractivity contribution in [3.63, 3.8) is 0 Å². The van der Waals surface area contributed by atoms with Crippen molar-refractivity contribution in [3.05, 3.63) is 80.3 Å². The third-order valence-corrected chi connectivity index (χ3v) is 7.05. The molecule has 12 heteroatoms. The van der Waals surface area contributed by atoms with Gasteiger partial charge in [0.15, 0.2) is 0 Å². The van der Waals surface area contributed by atoms with E-state index in [0.717, 1.165) is 0 Å². The number of alkyl halides is 2. The first-order valence-electron chi connectivity index (χ1n) is 9.93. The summed E-state index contributed by atoms with van der Waals surface area (Å²) in [4.78, 5) is 29.7. The minimum absolute atomic E-state index is 0.0250. The lowest BCUT2D eigenvalue weighted by atomic mass is 10.1. The maximum absolute atomic E-state index is 13.0. The first kappa shape index (κ1) is 25.4. The summed E-state index contributed by atoms with van der Waals surface area (Å²) >= 11 is 31.1. The standard InChI is InChI=1S/C23H14Cl5N5O2/c24-12-5-11(6-13(25)7-12)18-19(23(18,27)28)22(35)31-14-2-3-16(26)15(8-14)21(34)33-17-4-1-10(9-29)20(30)32-17/h1-8,18-19H,(H,31,35)(H3,30,32,33,34). The van der Waals surface area contributed by atoms with Gasteiger partial charge in [-0.2, -0.15) is 5.26 Å². The number of aromatic nitrogens is 1. The van der Waals surface area contributed by atoms with Crippen LogP contribution < -0.4 is 16.4 Å². The summed E-state index contributed by atoms with van der Waals surface area (Å²) in [7, 11) is 0. The van der Waals surface area contributed by atoms with Gasteiger partial charge < -0.3 is 16.4 Å². The first-order valence-corrected chi connectivity index (χ1v) is 11.8. The molecule has 1 aromatic heterocycles. The molecule has 2 unspecified atom stereocenters. The number of nitrogens with two attached hydrogens (primary N) is 1. The van der Waals surface area contributed by atoms with Crippen LogP contribution in [-0.2, 0) is 4.79 Å². The maximum Gasteiger partial charge on any atom is 0.258 e. The van der Waals surface area contributed by atoms with Crippen molar-refractivity contribution in [2.45, 2.75) is 10.3 Å². The Morgan fingerprint density at radius 1 is 1.00 bits per heavy atom. The Morgan fingerprint density at radius 2 is 1.69 bits per heavy atom. The lowest BCUT2D eigenvalue weighted by molar-refractivity contribution is -0.117.